The molecule has 1 atom stereocenters. The first kappa shape index (κ1) is 14.1. The van der Waals surface area contributed by atoms with Gasteiger partial charge in [-0.25, -0.2) is 5.43 Å². The van der Waals surface area contributed by atoms with E-state index in [2.05, 4.69) is 10.5 Å². The summed E-state index contributed by atoms with van der Waals surface area (Å²) in [5, 5.41) is 4.38. The molecule has 0 saturated carbocycles. The van der Waals surface area contributed by atoms with Crippen molar-refractivity contribution in [2.24, 2.45) is 5.10 Å². The summed E-state index contributed by atoms with van der Waals surface area (Å²) in [6.45, 7) is 1.63. The summed E-state index contributed by atoms with van der Waals surface area (Å²) in [5.41, 5.74) is 2.37. The number of rotatable bonds is 5. The second-order valence-electron chi connectivity index (χ2n) is 3.96. The van der Waals surface area contributed by atoms with Crippen LogP contribution in [0.5, 0.6) is 5.75 Å². The minimum atomic E-state index is -0.676. The van der Waals surface area contributed by atoms with Crippen LogP contribution in [-0.2, 0) is 4.79 Å². The number of nitrogens with one attached hydrogen (secondary N) is 1. The Kier molecular flexibility index (Phi) is 4.79. The normalized spacial score (nSPS) is 12.3. The second-order valence-corrected chi connectivity index (χ2v) is 4.40. The maximum Gasteiger partial charge on any atom is 0.280 e. The number of hydrogen-bond acceptors (Lipinski definition) is 4. The summed E-state index contributed by atoms with van der Waals surface area (Å²) in [6, 6.07) is 10.2. The van der Waals surface area contributed by atoms with Gasteiger partial charge in [0.2, 0.25) is 0 Å². The van der Waals surface area contributed by atoms with Crippen molar-refractivity contribution in [2.75, 3.05) is 0 Å². The molecule has 0 aliphatic carbocycles. The van der Waals surface area contributed by atoms with Crippen LogP contribution < -0.4 is 10.2 Å². The summed E-state index contributed by atoms with van der Waals surface area (Å²) >= 11 is 5.77. The molecular formula is C14H13ClN2O3. The van der Waals surface area contributed by atoms with Crippen LogP contribution in [0.4, 0.5) is 0 Å². The number of ether oxygens (including phenoxy) is 1. The Morgan fingerprint density at radius 3 is 2.80 bits per heavy atom. The van der Waals surface area contributed by atoms with Crippen LogP contribution in [0.1, 0.15) is 12.7 Å². The first-order valence-corrected chi connectivity index (χ1v) is 6.31. The number of furan rings is 1. The molecule has 2 rings (SSSR count). The molecule has 6 heteroatoms. The topological polar surface area (TPSA) is 63.8 Å². The smallest absolute Gasteiger partial charge is 0.280 e. The first-order chi connectivity index (χ1) is 9.65. The third-order valence-electron chi connectivity index (χ3n) is 2.41. The zero-order valence-electron chi connectivity index (χ0n) is 10.7. The molecule has 0 bridgehead atoms. The monoisotopic (exact) mass is 292 g/mol. The highest BCUT2D eigenvalue weighted by Gasteiger charge is 2.13. The number of carbonyl (C=O) groups excluding carboxylic acids is 1. The highest BCUT2D eigenvalue weighted by molar-refractivity contribution is 6.30. The Hall–Kier alpha value is -2.27. The van der Waals surface area contributed by atoms with Crippen molar-refractivity contribution >= 4 is 23.7 Å². The van der Waals surface area contributed by atoms with Crippen LogP contribution in [0, 0.1) is 0 Å². The SMILES string of the molecule is C[C@H](Oc1ccc(Cl)cc1)C(=O)N/N=C\c1ccco1. The van der Waals surface area contributed by atoms with Gasteiger partial charge in [0.1, 0.15) is 11.5 Å². The lowest BCUT2D eigenvalue weighted by Gasteiger charge is -2.12. The molecule has 1 aromatic carbocycles. The number of hydrogen-bond donors (Lipinski definition) is 1. The van der Waals surface area contributed by atoms with Crippen molar-refractivity contribution in [1.29, 1.82) is 0 Å². The summed E-state index contributed by atoms with van der Waals surface area (Å²) in [7, 11) is 0. The average molecular weight is 293 g/mol. The quantitative estimate of drug-likeness (QED) is 0.681. The maximum absolute atomic E-state index is 11.7. The summed E-state index contributed by atoms with van der Waals surface area (Å²) in [5.74, 6) is 0.756. The van der Waals surface area contributed by atoms with Gasteiger partial charge in [-0.1, -0.05) is 11.6 Å². The van der Waals surface area contributed by atoms with Crippen LogP contribution in [0.2, 0.25) is 5.02 Å². The largest absolute Gasteiger partial charge is 0.481 e. The van der Waals surface area contributed by atoms with Crippen LogP contribution in [0.3, 0.4) is 0 Å². The molecule has 0 saturated heterocycles. The van der Waals surface area contributed by atoms with Crippen molar-refractivity contribution in [2.45, 2.75) is 13.0 Å². The van der Waals surface area contributed by atoms with E-state index >= 15 is 0 Å². The molecule has 1 aromatic heterocycles. The third-order valence-corrected chi connectivity index (χ3v) is 2.66. The van der Waals surface area contributed by atoms with Gasteiger partial charge in [-0.05, 0) is 43.3 Å². The Morgan fingerprint density at radius 2 is 2.15 bits per heavy atom. The highest BCUT2D eigenvalue weighted by Crippen LogP contribution is 2.16. The first-order valence-electron chi connectivity index (χ1n) is 5.94. The van der Waals surface area contributed by atoms with Gasteiger partial charge in [-0.2, -0.15) is 5.10 Å². The average Bonchev–Trinajstić information content (AvgIpc) is 2.94. The van der Waals surface area contributed by atoms with E-state index in [0.29, 0.717) is 16.5 Å². The van der Waals surface area contributed by atoms with Gasteiger partial charge in [0.15, 0.2) is 6.10 Å². The Labute approximate surface area is 121 Å². The molecule has 5 nitrogen and oxygen atoms in total. The molecule has 0 radical (unpaired) electrons. The fourth-order valence-electron chi connectivity index (χ4n) is 1.39. The van der Waals surface area contributed by atoms with Crippen molar-refractivity contribution < 1.29 is 13.9 Å². The van der Waals surface area contributed by atoms with E-state index in [1.54, 1.807) is 43.3 Å². The van der Waals surface area contributed by atoms with Gasteiger partial charge >= 0.3 is 0 Å². The molecule has 0 unspecified atom stereocenters. The number of halogens is 1. The fraction of sp³-hybridized carbons (Fsp3) is 0.143. The van der Waals surface area contributed by atoms with Gasteiger partial charge in [0, 0.05) is 5.02 Å². The second kappa shape index (κ2) is 6.77. The number of nitrogens with zero attached hydrogens (tertiary/aromatic N) is 1. The van der Waals surface area contributed by atoms with Crippen LogP contribution in [0.25, 0.3) is 0 Å². The van der Waals surface area contributed by atoms with Gasteiger partial charge < -0.3 is 9.15 Å². The van der Waals surface area contributed by atoms with Gasteiger partial charge in [-0.15, -0.1) is 0 Å². The van der Waals surface area contributed by atoms with Crippen molar-refractivity contribution in [3.05, 3.63) is 53.4 Å². The van der Waals surface area contributed by atoms with Crippen LogP contribution in [0.15, 0.2) is 52.2 Å². The summed E-state index contributed by atoms with van der Waals surface area (Å²) in [6.07, 6.45) is 2.26. The van der Waals surface area contributed by atoms with E-state index in [9.17, 15) is 4.79 Å². The molecule has 0 aliphatic heterocycles. The minimum Gasteiger partial charge on any atom is -0.481 e. The summed E-state index contributed by atoms with van der Waals surface area (Å²) in [4.78, 5) is 11.7. The number of carbonyl (C=O) groups is 1. The molecular weight excluding hydrogens is 280 g/mol. The van der Waals surface area contributed by atoms with E-state index < -0.39 is 6.10 Å². The lowest BCUT2D eigenvalue weighted by Crippen LogP contribution is -2.33. The number of amides is 1. The Morgan fingerprint density at radius 1 is 1.40 bits per heavy atom. The van der Waals surface area contributed by atoms with Crippen molar-refractivity contribution in [3.63, 3.8) is 0 Å². The van der Waals surface area contributed by atoms with E-state index in [0.717, 1.165) is 0 Å². The lowest BCUT2D eigenvalue weighted by atomic mass is 10.3. The molecule has 0 aliphatic rings. The molecule has 1 heterocycles. The van der Waals surface area contributed by atoms with Crippen molar-refractivity contribution in [1.82, 2.24) is 5.43 Å². The Balaban J connectivity index is 1.84. The molecule has 1 N–H and O–H groups in total. The fourth-order valence-corrected chi connectivity index (χ4v) is 1.51. The molecule has 0 fully saturated rings. The molecule has 20 heavy (non-hydrogen) atoms. The third kappa shape index (κ3) is 4.13. The van der Waals surface area contributed by atoms with Gasteiger partial charge in [-0.3, -0.25) is 4.79 Å². The van der Waals surface area contributed by atoms with E-state index in [4.69, 9.17) is 20.8 Å². The zero-order chi connectivity index (χ0) is 14.4. The standard InChI is InChI=1S/C14H13ClN2O3/c1-10(20-12-6-4-11(15)5-7-12)14(18)17-16-9-13-3-2-8-19-13/h2-10H,1H3,(H,17,18)/b16-9-/t10-/m0/s1. The number of hydrazone groups is 1. The Bertz CT molecular complexity index is 579. The number of benzene rings is 1. The maximum atomic E-state index is 11.7. The molecule has 0 spiro atoms. The minimum absolute atomic E-state index is 0.359. The predicted octanol–water partition coefficient (Wildman–Crippen LogP) is 2.85. The zero-order valence-corrected chi connectivity index (χ0v) is 11.5. The summed E-state index contributed by atoms with van der Waals surface area (Å²) < 4.78 is 10.5. The lowest BCUT2D eigenvalue weighted by molar-refractivity contribution is -0.127. The van der Waals surface area contributed by atoms with Crippen molar-refractivity contribution in [3.8, 4) is 5.75 Å². The van der Waals surface area contributed by atoms with Gasteiger partial charge in [0.25, 0.3) is 5.91 Å². The van der Waals surface area contributed by atoms with Gasteiger partial charge in [0.05, 0.1) is 12.5 Å². The molecule has 1 amide bonds. The molecule has 2 aromatic rings. The van der Waals surface area contributed by atoms with Crippen LogP contribution >= 0.6 is 11.6 Å². The molecule has 104 valence electrons. The highest BCUT2D eigenvalue weighted by atomic mass is 35.5. The van der Waals surface area contributed by atoms with E-state index in [1.807, 2.05) is 0 Å². The van der Waals surface area contributed by atoms with E-state index in [-0.39, 0.29) is 5.91 Å². The predicted molar refractivity (Wildman–Crippen MR) is 76.0 cm³/mol. The van der Waals surface area contributed by atoms with E-state index in [1.165, 1.54) is 12.5 Å². The van der Waals surface area contributed by atoms with Crippen LogP contribution in [-0.4, -0.2) is 18.2 Å².